The minimum absolute atomic E-state index is 0.00212. The van der Waals surface area contributed by atoms with Crippen LogP contribution in [0.15, 0.2) is 12.1 Å². The highest BCUT2D eigenvalue weighted by Gasteiger charge is 2.26. The minimum Gasteiger partial charge on any atom is -0.484 e. The number of nitrogens with zero attached hydrogens (tertiary/aromatic N) is 1. The number of aryl methyl sites for hydroxylation is 2. The van der Waals surface area contributed by atoms with Gasteiger partial charge in [-0.2, -0.15) is 0 Å². The molecule has 1 heterocycles. The zero-order valence-electron chi connectivity index (χ0n) is 17.0. The molecule has 27 heavy (non-hydrogen) atoms. The lowest BCUT2D eigenvalue weighted by molar-refractivity contribution is -0.134. The average molecular weight is 395 g/mol. The van der Waals surface area contributed by atoms with Gasteiger partial charge >= 0.3 is 0 Å². The van der Waals surface area contributed by atoms with Crippen molar-refractivity contribution >= 4 is 23.4 Å². The summed E-state index contributed by atoms with van der Waals surface area (Å²) in [6.45, 7) is 11.4. The maximum Gasteiger partial charge on any atom is 0.258 e. The molecule has 0 radical (unpaired) electrons. The lowest BCUT2D eigenvalue weighted by Gasteiger charge is -2.34. The highest BCUT2D eigenvalue weighted by atomic mass is 35.5. The predicted octanol–water partition coefficient (Wildman–Crippen LogP) is 3.88. The van der Waals surface area contributed by atoms with Crippen molar-refractivity contribution in [2.45, 2.75) is 59.9 Å². The molecule has 0 aliphatic carbocycles. The van der Waals surface area contributed by atoms with E-state index in [1.165, 1.54) is 0 Å². The first kappa shape index (κ1) is 21.5. The number of hydrogen-bond acceptors (Lipinski definition) is 3. The molecule has 0 spiro atoms. The van der Waals surface area contributed by atoms with Gasteiger partial charge in [0.25, 0.3) is 5.91 Å². The van der Waals surface area contributed by atoms with Gasteiger partial charge in [0.15, 0.2) is 6.61 Å². The van der Waals surface area contributed by atoms with Gasteiger partial charge in [-0.05, 0) is 55.4 Å². The van der Waals surface area contributed by atoms with Crippen molar-refractivity contribution in [3.8, 4) is 5.75 Å². The van der Waals surface area contributed by atoms with E-state index in [1.54, 1.807) is 0 Å². The van der Waals surface area contributed by atoms with Gasteiger partial charge in [0, 0.05) is 30.6 Å². The van der Waals surface area contributed by atoms with Crippen molar-refractivity contribution < 1.29 is 14.3 Å². The van der Waals surface area contributed by atoms with E-state index in [2.05, 4.69) is 26.1 Å². The Labute approximate surface area is 167 Å². The zero-order chi connectivity index (χ0) is 20.2. The Kier molecular flexibility index (Phi) is 7.15. The van der Waals surface area contributed by atoms with E-state index in [-0.39, 0.29) is 29.9 Å². The van der Waals surface area contributed by atoms with Crippen LogP contribution in [0.25, 0.3) is 0 Å². The molecular weight excluding hydrogens is 364 g/mol. The topological polar surface area (TPSA) is 58.6 Å². The Hall–Kier alpha value is -1.75. The van der Waals surface area contributed by atoms with Crippen molar-refractivity contribution in [1.29, 1.82) is 0 Å². The smallest absolute Gasteiger partial charge is 0.258 e. The number of carbonyl (C=O) groups is 2. The molecule has 1 aliphatic heterocycles. The van der Waals surface area contributed by atoms with Crippen LogP contribution in [0.5, 0.6) is 5.75 Å². The highest BCUT2D eigenvalue weighted by Crippen LogP contribution is 2.26. The van der Waals surface area contributed by atoms with Crippen LogP contribution in [-0.4, -0.2) is 42.5 Å². The number of hydrogen-bond donors (Lipinski definition) is 1. The third-order valence-electron chi connectivity index (χ3n) is 4.67. The van der Waals surface area contributed by atoms with E-state index in [0.29, 0.717) is 25.3 Å². The molecule has 1 aromatic carbocycles. The fourth-order valence-electron chi connectivity index (χ4n) is 3.25. The number of piperidine rings is 1. The van der Waals surface area contributed by atoms with Gasteiger partial charge in [0.1, 0.15) is 5.75 Å². The van der Waals surface area contributed by atoms with Crippen LogP contribution in [0, 0.1) is 19.3 Å². The lowest BCUT2D eigenvalue weighted by atomic mass is 9.91. The number of likely N-dealkylation sites (tertiary alicyclic amines) is 1. The molecule has 0 saturated carbocycles. The number of benzene rings is 1. The van der Waals surface area contributed by atoms with Gasteiger partial charge in [-0.25, -0.2) is 0 Å². The summed E-state index contributed by atoms with van der Waals surface area (Å²) in [5.41, 5.74) is 1.86. The molecule has 0 aromatic heterocycles. The highest BCUT2D eigenvalue weighted by molar-refractivity contribution is 6.32. The number of nitrogens with one attached hydrogen (secondary N) is 1. The monoisotopic (exact) mass is 394 g/mol. The maximum atomic E-state index is 12.3. The summed E-state index contributed by atoms with van der Waals surface area (Å²) in [4.78, 5) is 26.4. The second kappa shape index (κ2) is 8.96. The molecule has 1 N–H and O–H groups in total. The van der Waals surface area contributed by atoms with E-state index >= 15 is 0 Å². The van der Waals surface area contributed by atoms with Crippen molar-refractivity contribution in [3.05, 3.63) is 28.3 Å². The molecular formula is C21H31ClN2O3. The third-order valence-corrected chi connectivity index (χ3v) is 5.27. The fourth-order valence-corrected chi connectivity index (χ4v) is 3.36. The lowest BCUT2D eigenvalue weighted by Crippen LogP contribution is -2.48. The summed E-state index contributed by atoms with van der Waals surface area (Å²) in [5, 5.41) is 3.73. The van der Waals surface area contributed by atoms with Crippen molar-refractivity contribution in [2.24, 2.45) is 5.41 Å². The molecule has 5 nitrogen and oxygen atoms in total. The van der Waals surface area contributed by atoms with Crippen molar-refractivity contribution in [3.63, 3.8) is 0 Å². The summed E-state index contributed by atoms with van der Waals surface area (Å²) >= 11 is 6.15. The summed E-state index contributed by atoms with van der Waals surface area (Å²) < 4.78 is 5.60. The molecule has 1 fully saturated rings. The number of halogens is 1. The first-order valence-corrected chi connectivity index (χ1v) is 9.89. The van der Waals surface area contributed by atoms with Crippen LogP contribution in [0.3, 0.4) is 0 Å². The zero-order valence-corrected chi connectivity index (χ0v) is 17.8. The number of carbonyl (C=O) groups excluding carboxylic acids is 2. The van der Waals surface area contributed by atoms with Gasteiger partial charge in [-0.3, -0.25) is 9.59 Å². The summed E-state index contributed by atoms with van der Waals surface area (Å²) in [5.74, 6) is 0.705. The minimum atomic E-state index is -0.139. The van der Waals surface area contributed by atoms with Gasteiger partial charge in [0.2, 0.25) is 5.91 Å². The average Bonchev–Trinajstić information content (AvgIpc) is 2.57. The maximum absolute atomic E-state index is 12.3. The summed E-state index contributed by atoms with van der Waals surface area (Å²) in [6.07, 6.45) is 2.11. The van der Waals surface area contributed by atoms with Crippen LogP contribution in [0.2, 0.25) is 5.02 Å². The second-order valence-electron chi connectivity index (χ2n) is 8.62. The standard InChI is InChI=1S/C21H31ClN2O3/c1-14-10-17(11-15(2)20(14)22)27-13-18(25)23-16-6-8-24(9-7-16)19(26)12-21(3,4)5/h10-11,16H,6-9,12-13H2,1-5H3,(H,23,25). The molecule has 1 aliphatic rings. The van der Waals surface area contributed by atoms with Crippen LogP contribution < -0.4 is 10.1 Å². The van der Waals surface area contributed by atoms with Crippen molar-refractivity contribution in [2.75, 3.05) is 19.7 Å². The Balaban J connectivity index is 1.75. The molecule has 0 unspecified atom stereocenters. The molecule has 2 amide bonds. The summed E-state index contributed by atoms with van der Waals surface area (Å²) in [6, 6.07) is 3.76. The van der Waals surface area contributed by atoms with Gasteiger partial charge < -0.3 is 15.0 Å². The van der Waals surface area contributed by atoms with E-state index in [9.17, 15) is 9.59 Å². The Morgan fingerprint density at radius 1 is 1.19 bits per heavy atom. The Morgan fingerprint density at radius 3 is 2.26 bits per heavy atom. The molecule has 0 bridgehead atoms. The molecule has 150 valence electrons. The molecule has 2 rings (SSSR count). The Bertz CT molecular complexity index is 666. The van der Waals surface area contributed by atoms with E-state index in [0.717, 1.165) is 29.0 Å². The molecule has 6 heteroatoms. The first-order valence-electron chi connectivity index (χ1n) is 9.52. The van der Waals surface area contributed by atoms with Crippen LogP contribution >= 0.6 is 11.6 Å². The number of amides is 2. The van der Waals surface area contributed by atoms with Crippen LogP contribution in [0.4, 0.5) is 0 Å². The van der Waals surface area contributed by atoms with Crippen molar-refractivity contribution in [1.82, 2.24) is 10.2 Å². The van der Waals surface area contributed by atoms with Crippen LogP contribution in [0.1, 0.15) is 51.2 Å². The van der Waals surface area contributed by atoms with Crippen LogP contribution in [-0.2, 0) is 9.59 Å². The van der Waals surface area contributed by atoms with E-state index in [4.69, 9.17) is 16.3 Å². The largest absolute Gasteiger partial charge is 0.484 e. The fraction of sp³-hybridized carbons (Fsp3) is 0.619. The molecule has 0 atom stereocenters. The van der Waals surface area contributed by atoms with E-state index < -0.39 is 0 Å². The third kappa shape index (κ3) is 6.73. The Morgan fingerprint density at radius 2 is 1.74 bits per heavy atom. The number of rotatable bonds is 5. The summed E-state index contributed by atoms with van der Waals surface area (Å²) in [7, 11) is 0. The first-order chi connectivity index (χ1) is 12.5. The number of ether oxygens (including phenoxy) is 1. The molecule has 1 aromatic rings. The van der Waals surface area contributed by atoms with Gasteiger partial charge in [-0.15, -0.1) is 0 Å². The van der Waals surface area contributed by atoms with E-state index in [1.807, 2.05) is 30.9 Å². The molecule has 1 saturated heterocycles. The second-order valence-corrected chi connectivity index (χ2v) is 9.00. The van der Waals surface area contributed by atoms with Gasteiger partial charge in [-0.1, -0.05) is 32.4 Å². The quantitative estimate of drug-likeness (QED) is 0.824. The SMILES string of the molecule is Cc1cc(OCC(=O)NC2CCN(C(=O)CC(C)(C)C)CC2)cc(C)c1Cl. The van der Waals surface area contributed by atoms with Gasteiger partial charge in [0.05, 0.1) is 0 Å². The predicted molar refractivity (Wildman–Crippen MR) is 108 cm³/mol. The normalized spacial score (nSPS) is 15.6.